The van der Waals surface area contributed by atoms with E-state index in [-0.39, 0.29) is 20.0 Å². The zero-order chi connectivity index (χ0) is 13.2. The van der Waals surface area contributed by atoms with Crippen molar-refractivity contribution in [2.24, 2.45) is 0 Å². The second kappa shape index (κ2) is 5.47. The third kappa shape index (κ3) is 3.27. The first-order chi connectivity index (χ1) is 7.81. The van der Waals surface area contributed by atoms with Gasteiger partial charge in [0.15, 0.2) is 12.1 Å². The van der Waals surface area contributed by atoms with Crippen molar-refractivity contribution < 1.29 is 22.8 Å². The molecular formula is C10H5BrF3IO2. The summed E-state index contributed by atoms with van der Waals surface area (Å²) in [4.78, 5) is 22.2. The summed E-state index contributed by atoms with van der Waals surface area (Å²) >= 11 is 4.47. The molecule has 0 radical (unpaired) electrons. The molecule has 1 rings (SSSR count). The summed E-state index contributed by atoms with van der Waals surface area (Å²) < 4.78 is 37.7. The second-order valence-corrected chi connectivity index (χ2v) is 4.81. The van der Waals surface area contributed by atoms with E-state index in [9.17, 15) is 22.8 Å². The molecule has 1 aromatic carbocycles. The Hall–Kier alpha value is -0.440. The molecule has 0 heterocycles. The largest absolute Gasteiger partial charge is 0.416 e. The first kappa shape index (κ1) is 14.6. The summed E-state index contributed by atoms with van der Waals surface area (Å²) in [6.07, 6.45) is -4.15. The van der Waals surface area contributed by atoms with Crippen LogP contribution in [0.15, 0.2) is 12.1 Å². The van der Waals surface area contributed by atoms with Crippen LogP contribution in [0.2, 0.25) is 0 Å². The number of benzene rings is 1. The standard InChI is InChI=1S/C10H5BrF3IO2/c11-3-9(17)6-1-5(10(12,13)14)2-8(15)7(6)4-16/h1-2,4H,3H2. The average molecular weight is 421 g/mol. The molecule has 0 N–H and O–H groups in total. The third-order valence-corrected chi connectivity index (χ3v) is 3.40. The third-order valence-electron chi connectivity index (χ3n) is 2.00. The number of aldehydes is 1. The molecular weight excluding hydrogens is 416 g/mol. The highest BCUT2D eigenvalue weighted by Crippen LogP contribution is 2.32. The Labute approximate surface area is 117 Å². The molecule has 0 atom stereocenters. The van der Waals surface area contributed by atoms with Crippen molar-refractivity contribution in [3.8, 4) is 0 Å². The Morgan fingerprint density at radius 3 is 2.41 bits per heavy atom. The predicted molar refractivity (Wildman–Crippen MR) is 67.7 cm³/mol. The minimum Gasteiger partial charge on any atom is -0.298 e. The van der Waals surface area contributed by atoms with Crippen LogP contribution in [-0.4, -0.2) is 17.4 Å². The normalized spacial score (nSPS) is 11.4. The van der Waals surface area contributed by atoms with Gasteiger partial charge in [0, 0.05) is 14.7 Å². The highest BCUT2D eigenvalue weighted by atomic mass is 127. The summed E-state index contributed by atoms with van der Waals surface area (Å²) in [5.74, 6) is -0.559. The highest BCUT2D eigenvalue weighted by Gasteiger charge is 2.32. The number of halogens is 5. The van der Waals surface area contributed by atoms with Gasteiger partial charge in [0.05, 0.1) is 10.9 Å². The highest BCUT2D eigenvalue weighted by molar-refractivity contribution is 14.1. The topological polar surface area (TPSA) is 34.1 Å². The quantitative estimate of drug-likeness (QED) is 0.323. The van der Waals surface area contributed by atoms with Gasteiger partial charge in [-0.15, -0.1) is 0 Å². The van der Waals surface area contributed by atoms with Gasteiger partial charge in [0.25, 0.3) is 0 Å². The SMILES string of the molecule is O=Cc1c(I)cc(C(F)(F)F)cc1C(=O)CBr. The molecule has 0 saturated heterocycles. The van der Waals surface area contributed by atoms with Crippen LogP contribution in [0.5, 0.6) is 0 Å². The van der Waals surface area contributed by atoms with E-state index in [2.05, 4.69) is 15.9 Å². The molecule has 0 spiro atoms. The number of ketones is 1. The fourth-order valence-electron chi connectivity index (χ4n) is 1.20. The van der Waals surface area contributed by atoms with Crippen molar-refractivity contribution in [1.29, 1.82) is 0 Å². The van der Waals surface area contributed by atoms with Gasteiger partial charge in [-0.25, -0.2) is 0 Å². The summed E-state index contributed by atoms with van der Waals surface area (Å²) in [5, 5.41) is -0.134. The van der Waals surface area contributed by atoms with E-state index in [4.69, 9.17) is 0 Å². The van der Waals surface area contributed by atoms with Crippen LogP contribution in [0.4, 0.5) is 13.2 Å². The van der Waals surface area contributed by atoms with Gasteiger partial charge >= 0.3 is 6.18 Å². The van der Waals surface area contributed by atoms with Crippen molar-refractivity contribution in [2.75, 3.05) is 5.33 Å². The van der Waals surface area contributed by atoms with Crippen LogP contribution in [0.3, 0.4) is 0 Å². The van der Waals surface area contributed by atoms with Crippen molar-refractivity contribution in [3.05, 3.63) is 32.4 Å². The van der Waals surface area contributed by atoms with Crippen molar-refractivity contribution in [3.63, 3.8) is 0 Å². The first-order valence-electron chi connectivity index (χ1n) is 4.26. The van der Waals surface area contributed by atoms with E-state index < -0.39 is 17.5 Å². The van der Waals surface area contributed by atoms with Gasteiger partial charge in [-0.1, -0.05) is 15.9 Å². The zero-order valence-electron chi connectivity index (χ0n) is 8.15. The van der Waals surface area contributed by atoms with Crippen molar-refractivity contribution in [1.82, 2.24) is 0 Å². The van der Waals surface area contributed by atoms with Gasteiger partial charge < -0.3 is 0 Å². The fourth-order valence-corrected chi connectivity index (χ4v) is 2.26. The van der Waals surface area contributed by atoms with Gasteiger partial charge in [-0.2, -0.15) is 13.2 Å². The molecule has 0 aliphatic carbocycles. The molecule has 0 saturated carbocycles. The summed E-state index contributed by atoms with van der Waals surface area (Å²) in [6, 6.07) is 1.55. The van der Waals surface area contributed by atoms with Crippen LogP contribution >= 0.6 is 38.5 Å². The van der Waals surface area contributed by atoms with Crippen LogP contribution in [-0.2, 0) is 6.18 Å². The van der Waals surface area contributed by atoms with Gasteiger partial charge in [0.1, 0.15) is 0 Å². The maximum Gasteiger partial charge on any atom is 0.416 e. The van der Waals surface area contributed by atoms with E-state index >= 15 is 0 Å². The lowest BCUT2D eigenvalue weighted by Crippen LogP contribution is -2.12. The summed E-state index contributed by atoms with van der Waals surface area (Å²) in [7, 11) is 0. The lowest BCUT2D eigenvalue weighted by molar-refractivity contribution is -0.137. The summed E-state index contributed by atoms with van der Waals surface area (Å²) in [5.41, 5.74) is -1.16. The summed E-state index contributed by atoms with van der Waals surface area (Å²) in [6.45, 7) is 0. The number of hydrogen-bond acceptors (Lipinski definition) is 2. The molecule has 0 aliphatic rings. The Morgan fingerprint density at radius 2 is 2.00 bits per heavy atom. The molecule has 0 unspecified atom stereocenters. The molecule has 92 valence electrons. The minimum atomic E-state index is -4.54. The van der Waals surface area contributed by atoms with Crippen LogP contribution in [0, 0.1) is 3.57 Å². The predicted octanol–water partition coefficient (Wildman–Crippen LogP) is 3.70. The van der Waals surface area contributed by atoms with Crippen LogP contribution in [0.25, 0.3) is 0 Å². The number of carbonyl (C=O) groups is 2. The molecule has 0 amide bonds. The van der Waals surface area contributed by atoms with E-state index in [1.807, 2.05) is 0 Å². The molecule has 17 heavy (non-hydrogen) atoms. The zero-order valence-corrected chi connectivity index (χ0v) is 11.9. The lowest BCUT2D eigenvalue weighted by atomic mass is 10.0. The van der Waals surface area contributed by atoms with Crippen molar-refractivity contribution in [2.45, 2.75) is 6.18 Å². The Morgan fingerprint density at radius 1 is 1.41 bits per heavy atom. The molecule has 0 bridgehead atoms. The van der Waals surface area contributed by atoms with Crippen LogP contribution in [0.1, 0.15) is 26.3 Å². The minimum absolute atomic E-state index is 0.0111. The molecule has 0 aliphatic heterocycles. The van der Waals surface area contributed by atoms with Gasteiger partial charge in [-0.3, -0.25) is 9.59 Å². The maximum absolute atomic E-state index is 12.5. The van der Waals surface area contributed by atoms with Gasteiger partial charge in [-0.05, 0) is 34.7 Å². The molecule has 2 nitrogen and oxygen atoms in total. The number of Topliss-reactive ketones (excluding diaryl/α,β-unsaturated/α-hetero) is 1. The monoisotopic (exact) mass is 420 g/mol. The Kier molecular flexibility index (Phi) is 4.70. The average Bonchev–Trinajstić information content (AvgIpc) is 2.25. The molecule has 0 aromatic heterocycles. The first-order valence-corrected chi connectivity index (χ1v) is 6.46. The lowest BCUT2D eigenvalue weighted by Gasteiger charge is -2.11. The molecule has 7 heteroatoms. The Balaban J connectivity index is 3.50. The molecule has 1 aromatic rings. The van der Waals surface area contributed by atoms with E-state index in [1.165, 1.54) is 0 Å². The van der Waals surface area contributed by atoms with Gasteiger partial charge in [0.2, 0.25) is 0 Å². The second-order valence-electron chi connectivity index (χ2n) is 3.09. The van der Waals surface area contributed by atoms with E-state index in [0.717, 1.165) is 6.07 Å². The maximum atomic E-state index is 12.5. The smallest absolute Gasteiger partial charge is 0.298 e. The van der Waals surface area contributed by atoms with Crippen molar-refractivity contribution >= 4 is 50.6 Å². The fraction of sp³-hybridized carbons (Fsp3) is 0.200. The Bertz CT molecular complexity index is 471. The molecule has 0 fully saturated rings. The van der Waals surface area contributed by atoms with E-state index in [0.29, 0.717) is 12.4 Å². The van der Waals surface area contributed by atoms with E-state index in [1.54, 1.807) is 22.6 Å². The number of rotatable bonds is 3. The van der Waals surface area contributed by atoms with Crippen LogP contribution < -0.4 is 0 Å². The number of hydrogen-bond donors (Lipinski definition) is 0. The number of alkyl halides is 4. The number of carbonyl (C=O) groups excluding carboxylic acids is 2.